The molecule has 8 rings (SSSR count). The number of aliphatic hydroxyl groups is 3. The predicted molar refractivity (Wildman–Crippen MR) is 340 cm³/mol. The van der Waals surface area contributed by atoms with E-state index < -0.39 is 0 Å². The zero-order valence-electron chi connectivity index (χ0n) is 56.9. The van der Waals surface area contributed by atoms with Crippen LogP contribution in [0.1, 0.15) is 327 Å². The third-order valence-electron chi connectivity index (χ3n) is 21.7. The molecule has 3 nitrogen and oxygen atoms in total. The van der Waals surface area contributed by atoms with Crippen molar-refractivity contribution in [3.8, 4) is 0 Å². The first-order valence-corrected chi connectivity index (χ1v) is 34.0. The summed E-state index contributed by atoms with van der Waals surface area (Å²) >= 11 is 0. The van der Waals surface area contributed by atoms with Crippen LogP contribution in [-0.4, -0.2) is 32.6 Å². The molecular weight excluding hydrogens is 925 g/mol. The van der Waals surface area contributed by atoms with Crippen LogP contribution >= 0.6 is 0 Å². The molecule has 0 saturated heterocycles. The summed E-state index contributed by atoms with van der Waals surface area (Å²) in [6, 6.07) is 0. The zero-order valence-corrected chi connectivity index (χ0v) is 56.9. The second-order valence-corrected chi connectivity index (χ2v) is 33.5. The Morgan fingerprint density at radius 3 is 0.763 bits per heavy atom. The fraction of sp³-hybridized carbons (Fsp3) is 1.00. The van der Waals surface area contributed by atoms with Gasteiger partial charge in [-0.2, -0.15) is 0 Å². The van der Waals surface area contributed by atoms with Crippen LogP contribution in [0.4, 0.5) is 0 Å². The van der Waals surface area contributed by atoms with Crippen molar-refractivity contribution in [1.29, 1.82) is 0 Å². The van der Waals surface area contributed by atoms with Crippen molar-refractivity contribution in [3.05, 3.63) is 0 Å². The van der Waals surface area contributed by atoms with Crippen molar-refractivity contribution in [2.24, 2.45) is 123 Å². The third kappa shape index (κ3) is 31.4. The molecule has 0 aromatic rings. The minimum Gasteiger partial charge on any atom is -0.393 e. The number of aliphatic hydroxyl groups excluding tert-OH is 1. The molecule has 76 heavy (non-hydrogen) atoms. The van der Waals surface area contributed by atoms with Crippen molar-refractivity contribution in [1.82, 2.24) is 0 Å². The van der Waals surface area contributed by atoms with Gasteiger partial charge in [-0.15, -0.1) is 0 Å². The number of rotatable bonds is 8. The van der Waals surface area contributed by atoms with E-state index in [2.05, 4.69) is 159 Å². The first kappa shape index (κ1) is 73.9. The highest BCUT2D eigenvalue weighted by Crippen LogP contribution is 2.48. The van der Waals surface area contributed by atoms with E-state index in [0.29, 0.717) is 10.8 Å². The van der Waals surface area contributed by atoms with E-state index in [1.54, 1.807) is 0 Å². The molecule has 0 amide bonds. The molecule has 0 unspecified atom stereocenters. The number of hydrogen-bond donors (Lipinski definition) is 3. The Kier molecular flexibility index (Phi) is 34.1. The van der Waals surface area contributed by atoms with Gasteiger partial charge in [0.05, 0.1) is 17.3 Å². The van der Waals surface area contributed by atoms with Gasteiger partial charge in [0.2, 0.25) is 0 Å². The Bertz CT molecular complexity index is 1270. The summed E-state index contributed by atoms with van der Waals surface area (Å²) in [6.45, 7) is 57.5. The van der Waals surface area contributed by atoms with Crippen LogP contribution in [0.25, 0.3) is 0 Å². The smallest absolute Gasteiger partial charge is 0.0625 e. The summed E-state index contributed by atoms with van der Waals surface area (Å²) in [4.78, 5) is 0. The summed E-state index contributed by atoms with van der Waals surface area (Å²) in [6.07, 6.45) is 31.5. The Morgan fingerprint density at radius 2 is 0.539 bits per heavy atom. The normalized spacial score (nSPS) is 34.7. The summed E-state index contributed by atoms with van der Waals surface area (Å²) in [5.74, 6) is 17.8. The summed E-state index contributed by atoms with van der Waals surface area (Å²) in [5, 5.41) is 28.2. The topological polar surface area (TPSA) is 60.7 Å². The van der Waals surface area contributed by atoms with Crippen molar-refractivity contribution in [2.45, 2.75) is 344 Å². The lowest BCUT2D eigenvalue weighted by molar-refractivity contribution is -0.0713. The molecule has 8 aliphatic carbocycles. The lowest BCUT2D eigenvalue weighted by Crippen LogP contribution is -2.42. The van der Waals surface area contributed by atoms with Crippen molar-refractivity contribution in [2.75, 3.05) is 0 Å². The van der Waals surface area contributed by atoms with E-state index in [9.17, 15) is 15.3 Å². The maximum atomic E-state index is 9.67. The lowest BCUT2D eigenvalue weighted by Gasteiger charge is -2.45. The predicted octanol–water partition coefficient (Wildman–Crippen LogP) is 22.4. The van der Waals surface area contributed by atoms with E-state index in [1.807, 2.05) is 13.8 Å². The summed E-state index contributed by atoms with van der Waals surface area (Å²) in [5.41, 5.74) is 0.640. The van der Waals surface area contributed by atoms with Gasteiger partial charge < -0.3 is 15.3 Å². The average molecular weight is 1070 g/mol. The lowest BCUT2D eigenvalue weighted by atomic mass is 9.61. The molecule has 0 aromatic carbocycles. The summed E-state index contributed by atoms with van der Waals surface area (Å²) < 4.78 is 0. The molecule has 0 heterocycles. The van der Waals surface area contributed by atoms with Crippen LogP contribution < -0.4 is 0 Å². The quantitative estimate of drug-likeness (QED) is 0.227. The van der Waals surface area contributed by atoms with Gasteiger partial charge in [0, 0.05) is 0 Å². The highest BCUT2D eigenvalue weighted by molar-refractivity contribution is 4.91. The van der Waals surface area contributed by atoms with Crippen molar-refractivity contribution < 1.29 is 15.3 Å². The monoisotopic (exact) mass is 1070 g/mol. The van der Waals surface area contributed by atoms with Gasteiger partial charge in [-0.3, -0.25) is 0 Å². The summed E-state index contributed by atoms with van der Waals surface area (Å²) in [7, 11) is 0. The molecule has 3 N–H and O–H groups in total. The first-order valence-electron chi connectivity index (χ1n) is 34.0. The first-order chi connectivity index (χ1) is 34.8. The van der Waals surface area contributed by atoms with Gasteiger partial charge in [0.1, 0.15) is 0 Å². The van der Waals surface area contributed by atoms with Crippen molar-refractivity contribution >= 4 is 0 Å². The second-order valence-electron chi connectivity index (χ2n) is 33.5. The minimum absolute atomic E-state index is 0.00926. The highest BCUT2D eigenvalue weighted by atomic mass is 16.3. The third-order valence-corrected chi connectivity index (χ3v) is 21.7. The van der Waals surface area contributed by atoms with Crippen LogP contribution in [0, 0.1) is 123 Å². The Balaban J connectivity index is 0.000000435. The zero-order chi connectivity index (χ0) is 58.5. The van der Waals surface area contributed by atoms with Crippen LogP contribution in [0.5, 0.6) is 0 Å². The molecule has 8 saturated carbocycles. The van der Waals surface area contributed by atoms with E-state index in [4.69, 9.17) is 0 Å². The van der Waals surface area contributed by atoms with E-state index in [1.165, 1.54) is 116 Å². The van der Waals surface area contributed by atoms with Gasteiger partial charge in [-0.05, 0) is 278 Å². The number of hydrogen-bond acceptors (Lipinski definition) is 3. The molecule has 0 atom stereocenters. The van der Waals surface area contributed by atoms with E-state index in [-0.39, 0.29) is 17.3 Å². The van der Waals surface area contributed by atoms with Gasteiger partial charge >= 0.3 is 0 Å². The minimum atomic E-state index is -0.356. The molecular formula is C73H146O3. The van der Waals surface area contributed by atoms with Crippen LogP contribution in [0.15, 0.2) is 0 Å². The van der Waals surface area contributed by atoms with Crippen LogP contribution in [-0.2, 0) is 0 Å². The van der Waals surface area contributed by atoms with Crippen LogP contribution in [0.2, 0.25) is 0 Å². The van der Waals surface area contributed by atoms with Gasteiger partial charge in [-0.1, -0.05) is 172 Å². The average Bonchev–Trinajstić information content (AvgIpc) is 3.26. The van der Waals surface area contributed by atoms with Crippen LogP contribution in [0.3, 0.4) is 0 Å². The molecule has 0 aromatic heterocycles. The van der Waals surface area contributed by atoms with Gasteiger partial charge in [0.15, 0.2) is 0 Å². The second kappa shape index (κ2) is 35.1. The standard InChI is InChI=1S/C11H22.C10H20O.C10H20.C9H18O.C9H18.C8H16O.2C8H16/c1-9(2)10-5-7-11(3,4)8-6-10;1-8(2)9-4-6-10(3,11)7-5-9;1-8(2)10-6-4-9(3)5-7-10;1-7(2)8-3-5-9(10)6-4-8;1-7(2)8-5-9(3,4)6-8;1-6(2)7-4-8(3,9)5-7;2*1-6(2)8-4-7(3)5-8/h9-10H,5-8H2,1-4H3;8-9,11H,4-7H2,1-3H3;8-10H,4-7H2,1-3H3;7-10H,3-6H2,1-2H3;7-8H,5-6H2,1-4H3;6-7,9H,4-5H2,1-3H3;2*6-8H,4-5H2,1-3H3. The SMILES string of the molecule is CC(C)C1CC(C)(C)C1.CC(C)C1CC(C)(O)C1.CC(C)C1CCC(C)(C)CC1.CC(C)C1CCC(C)(O)CC1.CC(C)C1CCC(O)CC1.CC1CC(C(C)C)C1.CC1CC(C(C)C)C1.CC1CCC(C(C)C)CC1. The Hall–Kier alpha value is -0.120. The van der Waals surface area contributed by atoms with Gasteiger partial charge in [-0.25, -0.2) is 0 Å². The van der Waals surface area contributed by atoms with E-state index >= 15 is 0 Å². The molecule has 0 bridgehead atoms. The molecule has 8 aliphatic rings. The Morgan fingerprint density at radius 1 is 0.276 bits per heavy atom. The van der Waals surface area contributed by atoms with E-state index in [0.717, 1.165) is 151 Å². The molecule has 0 spiro atoms. The highest BCUT2D eigenvalue weighted by Gasteiger charge is 2.40. The fourth-order valence-corrected chi connectivity index (χ4v) is 14.1. The fourth-order valence-electron chi connectivity index (χ4n) is 14.1. The van der Waals surface area contributed by atoms with Crippen molar-refractivity contribution in [3.63, 3.8) is 0 Å². The molecule has 3 heteroatoms. The Labute approximate surface area is 480 Å². The maximum Gasteiger partial charge on any atom is 0.0625 e. The molecule has 456 valence electrons. The molecule has 0 radical (unpaired) electrons. The largest absolute Gasteiger partial charge is 0.393 e. The maximum absolute atomic E-state index is 9.67. The molecule has 0 aliphatic heterocycles. The van der Waals surface area contributed by atoms with Gasteiger partial charge in [0.25, 0.3) is 0 Å². The molecule has 8 fully saturated rings.